The molecule has 3 aliphatic rings. The number of hydrogen-bond acceptors (Lipinski definition) is 3. The lowest BCUT2D eigenvalue weighted by Crippen LogP contribution is -2.54. The summed E-state index contributed by atoms with van der Waals surface area (Å²) in [5, 5.41) is 2.41. The number of carbonyl (C=O) groups is 2. The minimum Gasteiger partial charge on any atom is -0.310 e. The van der Waals surface area contributed by atoms with E-state index in [2.05, 4.69) is 30.1 Å². The Balaban J connectivity index is 1.65. The van der Waals surface area contributed by atoms with Gasteiger partial charge >= 0.3 is 6.03 Å². The monoisotopic (exact) mass is 277 g/mol. The van der Waals surface area contributed by atoms with Crippen molar-refractivity contribution >= 4 is 11.9 Å². The molecule has 5 nitrogen and oxygen atoms in total. The lowest BCUT2D eigenvalue weighted by molar-refractivity contribution is -0.122. The highest BCUT2D eigenvalue weighted by molar-refractivity contribution is 6.04. The summed E-state index contributed by atoms with van der Waals surface area (Å²) in [7, 11) is 0. The number of nitrogens with zero attached hydrogens (tertiary/aromatic N) is 2. The van der Waals surface area contributed by atoms with E-state index in [1.807, 2.05) is 0 Å². The van der Waals surface area contributed by atoms with E-state index in [0.717, 1.165) is 13.1 Å². The highest BCUT2D eigenvalue weighted by atomic mass is 16.2. The molecule has 2 heterocycles. The molecule has 2 saturated heterocycles. The normalized spacial score (nSPS) is 34.8. The van der Waals surface area contributed by atoms with E-state index >= 15 is 0 Å². The number of piperazine rings is 1. The van der Waals surface area contributed by atoms with E-state index in [9.17, 15) is 9.59 Å². The Hall–Kier alpha value is -1.36. The maximum atomic E-state index is 11.8. The first-order valence-electron chi connectivity index (χ1n) is 7.56. The molecular formula is C15H23N3O2. The summed E-state index contributed by atoms with van der Waals surface area (Å²) in [5.41, 5.74) is 1.48. The maximum absolute atomic E-state index is 11.8. The molecule has 0 spiro atoms. The van der Waals surface area contributed by atoms with E-state index in [1.165, 1.54) is 18.4 Å². The minimum absolute atomic E-state index is 0.136. The molecule has 2 aliphatic heterocycles. The van der Waals surface area contributed by atoms with Crippen LogP contribution in [0.25, 0.3) is 0 Å². The van der Waals surface area contributed by atoms with Gasteiger partial charge in [-0.15, -0.1) is 0 Å². The molecule has 5 heteroatoms. The van der Waals surface area contributed by atoms with Gasteiger partial charge in [0.15, 0.2) is 0 Å². The van der Waals surface area contributed by atoms with Crippen LogP contribution in [-0.2, 0) is 4.79 Å². The molecule has 20 heavy (non-hydrogen) atoms. The summed E-state index contributed by atoms with van der Waals surface area (Å²) in [6, 6.07) is -0.499. The van der Waals surface area contributed by atoms with Crippen molar-refractivity contribution in [2.24, 2.45) is 11.8 Å². The van der Waals surface area contributed by atoms with Gasteiger partial charge in [-0.25, -0.2) is 4.79 Å². The number of nitrogens with one attached hydrogen (secondary N) is 1. The summed E-state index contributed by atoms with van der Waals surface area (Å²) in [6.45, 7) is 7.76. The molecule has 110 valence electrons. The molecule has 0 bridgehead atoms. The van der Waals surface area contributed by atoms with Crippen LogP contribution in [0.4, 0.5) is 4.79 Å². The van der Waals surface area contributed by atoms with Gasteiger partial charge in [-0.2, -0.15) is 0 Å². The van der Waals surface area contributed by atoms with Crippen molar-refractivity contribution in [3.05, 3.63) is 11.6 Å². The molecule has 3 amide bonds. The third-order valence-electron chi connectivity index (χ3n) is 5.07. The van der Waals surface area contributed by atoms with Crippen LogP contribution in [0.15, 0.2) is 11.6 Å². The first-order valence-corrected chi connectivity index (χ1v) is 7.56. The molecule has 0 aromatic heterocycles. The molecule has 0 saturated carbocycles. The van der Waals surface area contributed by atoms with Gasteiger partial charge in [0.25, 0.3) is 5.91 Å². The van der Waals surface area contributed by atoms with Crippen LogP contribution in [0.1, 0.15) is 26.7 Å². The van der Waals surface area contributed by atoms with E-state index < -0.39 is 0 Å². The zero-order valence-corrected chi connectivity index (χ0v) is 12.3. The fraction of sp³-hybridized carbons (Fsp3) is 0.733. The minimum atomic E-state index is -0.278. The van der Waals surface area contributed by atoms with Crippen molar-refractivity contribution in [2.75, 3.05) is 26.2 Å². The summed E-state index contributed by atoms with van der Waals surface area (Å²) in [5.74, 6) is 1.16. The fourth-order valence-electron chi connectivity index (χ4n) is 3.71. The highest BCUT2D eigenvalue weighted by Crippen LogP contribution is 2.31. The first-order chi connectivity index (χ1) is 9.56. The summed E-state index contributed by atoms with van der Waals surface area (Å²) in [6.07, 6.45) is 4.80. The number of fused-ring (bicyclic) bond motifs is 1. The van der Waals surface area contributed by atoms with E-state index in [-0.39, 0.29) is 18.0 Å². The summed E-state index contributed by atoms with van der Waals surface area (Å²) in [4.78, 5) is 27.4. The Morgan fingerprint density at radius 2 is 2.15 bits per heavy atom. The van der Waals surface area contributed by atoms with Crippen LogP contribution in [0.5, 0.6) is 0 Å². The van der Waals surface area contributed by atoms with Gasteiger partial charge in [0, 0.05) is 26.2 Å². The van der Waals surface area contributed by atoms with E-state index in [1.54, 1.807) is 4.90 Å². The van der Waals surface area contributed by atoms with Gasteiger partial charge in [-0.05, 0) is 31.6 Å². The number of carbonyl (C=O) groups excluding carboxylic acids is 2. The van der Waals surface area contributed by atoms with Crippen molar-refractivity contribution in [1.82, 2.24) is 15.1 Å². The van der Waals surface area contributed by atoms with Crippen molar-refractivity contribution in [2.45, 2.75) is 32.7 Å². The topological polar surface area (TPSA) is 52.6 Å². The Kier molecular flexibility index (Phi) is 3.54. The molecule has 2 fully saturated rings. The second-order valence-corrected chi connectivity index (χ2v) is 6.37. The molecule has 1 N–H and O–H groups in total. The molecular weight excluding hydrogens is 254 g/mol. The van der Waals surface area contributed by atoms with Crippen molar-refractivity contribution < 1.29 is 9.59 Å². The number of urea groups is 1. The number of rotatable bonds is 2. The molecule has 0 aromatic carbocycles. The first kappa shape index (κ1) is 13.6. The van der Waals surface area contributed by atoms with Crippen LogP contribution in [-0.4, -0.2) is 54.0 Å². The predicted octanol–water partition coefficient (Wildman–Crippen LogP) is 1.21. The predicted molar refractivity (Wildman–Crippen MR) is 76.1 cm³/mol. The number of allylic oxidation sites excluding steroid dienone is 1. The lowest BCUT2D eigenvalue weighted by atomic mass is 9.79. The van der Waals surface area contributed by atoms with Gasteiger partial charge in [0.05, 0.1) is 0 Å². The zero-order valence-electron chi connectivity index (χ0n) is 12.3. The number of hydrogen-bond donors (Lipinski definition) is 1. The molecule has 0 aromatic rings. The summed E-state index contributed by atoms with van der Waals surface area (Å²) >= 11 is 0. The SMILES string of the molecule is CC1=CCCC(C)C1CN1CCN2C(=O)NC(=O)C2C1. The molecule has 3 unspecified atom stereocenters. The van der Waals surface area contributed by atoms with Gasteiger partial charge in [-0.3, -0.25) is 15.0 Å². The van der Waals surface area contributed by atoms with Crippen LogP contribution >= 0.6 is 0 Å². The fourth-order valence-corrected chi connectivity index (χ4v) is 3.71. The molecule has 0 radical (unpaired) electrons. The second-order valence-electron chi connectivity index (χ2n) is 6.37. The van der Waals surface area contributed by atoms with Crippen LogP contribution in [0.2, 0.25) is 0 Å². The van der Waals surface area contributed by atoms with Gasteiger partial charge in [0.1, 0.15) is 6.04 Å². The third kappa shape index (κ3) is 2.35. The van der Waals surface area contributed by atoms with Gasteiger partial charge < -0.3 is 4.90 Å². The van der Waals surface area contributed by atoms with Crippen LogP contribution in [0.3, 0.4) is 0 Å². The standard InChI is InChI=1S/C15H23N3O2/c1-10-4-3-5-11(2)12(10)8-17-6-7-18-13(9-17)14(19)16-15(18)20/h4,11-13H,3,5-9H2,1-2H3,(H,16,19,20). The molecule has 3 atom stereocenters. The lowest BCUT2D eigenvalue weighted by Gasteiger charge is -2.39. The van der Waals surface area contributed by atoms with Gasteiger partial charge in [-0.1, -0.05) is 18.6 Å². The number of amides is 3. The zero-order chi connectivity index (χ0) is 14.3. The molecule has 3 rings (SSSR count). The van der Waals surface area contributed by atoms with Crippen molar-refractivity contribution in [1.29, 1.82) is 0 Å². The Labute approximate surface area is 120 Å². The quantitative estimate of drug-likeness (QED) is 0.610. The van der Waals surface area contributed by atoms with Crippen molar-refractivity contribution in [3.63, 3.8) is 0 Å². The van der Waals surface area contributed by atoms with Crippen LogP contribution < -0.4 is 5.32 Å². The van der Waals surface area contributed by atoms with Crippen molar-refractivity contribution in [3.8, 4) is 0 Å². The second kappa shape index (κ2) is 5.20. The third-order valence-corrected chi connectivity index (χ3v) is 5.07. The molecule has 1 aliphatic carbocycles. The Bertz CT molecular complexity index is 460. The average molecular weight is 277 g/mol. The largest absolute Gasteiger partial charge is 0.324 e. The smallest absolute Gasteiger partial charge is 0.310 e. The highest BCUT2D eigenvalue weighted by Gasteiger charge is 2.42. The van der Waals surface area contributed by atoms with Gasteiger partial charge in [0.2, 0.25) is 0 Å². The average Bonchev–Trinajstić information content (AvgIpc) is 2.69. The summed E-state index contributed by atoms with van der Waals surface area (Å²) < 4.78 is 0. The number of imide groups is 1. The Morgan fingerprint density at radius 1 is 1.35 bits per heavy atom. The van der Waals surface area contributed by atoms with E-state index in [4.69, 9.17) is 0 Å². The van der Waals surface area contributed by atoms with E-state index in [0.29, 0.717) is 24.9 Å². The Morgan fingerprint density at radius 3 is 2.90 bits per heavy atom. The van der Waals surface area contributed by atoms with Crippen LogP contribution in [0, 0.1) is 11.8 Å². The maximum Gasteiger partial charge on any atom is 0.324 e.